The van der Waals surface area contributed by atoms with Gasteiger partial charge in [0.1, 0.15) is 5.75 Å². The molecule has 0 saturated carbocycles. The number of nitrogens with one attached hydrogen (secondary N) is 3. The van der Waals surface area contributed by atoms with Crippen molar-refractivity contribution in [3.8, 4) is 16.9 Å². The Labute approximate surface area is 153 Å². The molecule has 1 amide bonds. The smallest absolute Gasteiger partial charge is 0.276 e. The van der Waals surface area contributed by atoms with Crippen LogP contribution in [0.1, 0.15) is 20.8 Å². The van der Waals surface area contributed by atoms with Gasteiger partial charge in [-0.2, -0.15) is 0 Å². The highest BCUT2D eigenvalue weighted by atomic mass is 32.1. The number of amides is 1. The first-order valence-corrected chi connectivity index (χ1v) is 8.40. The standard InChI is InChI=1S/C19H23N3O2S/c1-19(2,3)20-18(25)22-21-17(23)13-24-16-12-8-7-11-15(16)14-9-5-4-6-10-14/h4-12H,13H2,1-3H3,(H,21,23)(H2,20,22,25). The third kappa shape index (κ3) is 6.43. The summed E-state index contributed by atoms with van der Waals surface area (Å²) in [7, 11) is 0. The number of benzene rings is 2. The summed E-state index contributed by atoms with van der Waals surface area (Å²) in [5, 5.41) is 3.40. The van der Waals surface area contributed by atoms with Crippen LogP contribution in [0, 0.1) is 0 Å². The van der Waals surface area contributed by atoms with E-state index in [0.717, 1.165) is 11.1 Å². The second-order valence-corrected chi connectivity index (χ2v) is 6.94. The maximum atomic E-state index is 11.9. The first-order chi connectivity index (χ1) is 11.8. The van der Waals surface area contributed by atoms with Crippen molar-refractivity contribution in [2.45, 2.75) is 26.3 Å². The predicted octanol–water partition coefficient (Wildman–Crippen LogP) is 3.03. The molecule has 0 heterocycles. The van der Waals surface area contributed by atoms with Crippen LogP contribution < -0.4 is 20.9 Å². The van der Waals surface area contributed by atoms with Crippen LogP contribution >= 0.6 is 12.2 Å². The van der Waals surface area contributed by atoms with E-state index in [2.05, 4.69) is 16.2 Å². The molecule has 25 heavy (non-hydrogen) atoms. The van der Waals surface area contributed by atoms with E-state index in [9.17, 15) is 4.79 Å². The summed E-state index contributed by atoms with van der Waals surface area (Å²) < 4.78 is 5.67. The molecule has 0 saturated heterocycles. The molecular weight excluding hydrogens is 334 g/mol. The summed E-state index contributed by atoms with van der Waals surface area (Å²) in [5.74, 6) is 0.333. The molecule has 0 aliphatic heterocycles. The molecule has 2 aromatic carbocycles. The Balaban J connectivity index is 1.90. The van der Waals surface area contributed by atoms with Gasteiger partial charge in [-0.3, -0.25) is 15.6 Å². The minimum absolute atomic E-state index is 0.116. The average Bonchev–Trinajstić information content (AvgIpc) is 2.58. The number of para-hydroxylation sites is 1. The number of ether oxygens (including phenoxy) is 1. The van der Waals surface area contributed by atoms with E-state index in [0.29, 0.717) is 10.9 Å². The molecular formula is C19H23N3O2S. The fraction of sp³-hybridized carbons (Fsp3) is 0.263. The van der Waals surface area contributed by atoms with Gasteiger partial charge in [-0.05, 0) is 44.6 Å². The highest BCUT2D eigenvalue weighted by Gasteiger charge is 2.12. The summed E-state index contributed by atoms with van der Waals surface area (Å²) in [4.78, 5) is 11.9. The maximum Gasteiger partial charge on any atom is 0.276 e. The normalized spacial score (nSPS) is 10.7. The van der Waals surface area contributed by atoms with Crippen molar-refractivity contribution in [1.29, 1.82) is 0 Å². The number of thiocarbonyl (C=S) groups is 1. The Morgan fingerprint density at radius 1 is 1.00 bits per heavy atom. The van der Waals surface area contributed by atoms with E-state index in [4.69, 9.17) is 17.0 Å². The average molecular weight is 357 g/mol. The van der Waals surface area contributed by atoms with E-state index in [-0.39, 0.29) is 18.1 Å². The van der Waals surface area contributed by atoms with Gasteiger partial charge in [0.15, 0.2) is 11.7 Å². The third-order valence-corrected chi connectivity index (χ3v) is 3.34. The quantitative estimate of drug-likeness (QED) is 0.580. The molecule has 0 bridgehead atoms. The van der Waals surface area contributed by atoms with Crippen LogP contribution in [0.2, 0.25) is 0 Å². The summed E-state index contributed by atoms with van der Waals surface area (Å²) in [6, 6.07) is 17.5. The molecule has 0 atom stereocenters. The molecule has 132 valence electrons. The number of hydrogen-bond acceptors (Lipinski definition) is 3. The fourth-order valence-electron chi connectivity index (χ4n) is 2.13. The second kappa shape index (κ2) is 8.48. The van der Waals surface area contributed by atoms with Gasteiger partial charge in [-0.15, -0.1) is 0 Å². The lowest BCUT2D eigenvalue weighted by atomic mass is 10.1. The Morgan fingerprint density at radius 3 is 2.32 bits per heavy atom. The zero-order chi connectivity index (χ0) is 18.3. The van der Waals surface area contributed by atoms with Crippen LogP contribution in [0.3, 0.4) is 0 Å². The van der Waals surface area contributed by atoms with Gasteiger partial charge in [0, 0.05) is 11.1 Å². The number of hydrogen-bond donors (Lipinski definition) is 3. The van der Waals surface area contributed by atoms with Crippen LogP contribution in [0.4, 0.5) is 0 Å². The minimum Gasteiger partial charge on any atom is -0.483 e. The Bertz CT molecular complexity index is 727. The van der Waals surface area contributed by atoms with Crippen LogP contribution in [-0.4, -0.2) is 23.2 Å². The van der Waals surface area contributed by atoms with E-state index in [1.807, 2.05) is 75.4 Å². The third-order valence-electron chi connectivity index (χ3n) is 3.13. The highest BCUT2D eigenvalue weighted by Crippen LogP contribution is 2.29. The Morgan fingerprint density at radius 2 is 1.64 bits per heavy atom. The van der Waals surface area contributed by atoms with E-state index in [1.165, 1.54) is 0 Å². The van der Waals surface area contributed by atoms with E-state index in [1.54, 1.807) is 0 Å². The molecule has 2 aromatic rings. The van der Waals surface area contributed by atoms with Gasteiger partial charge >= 0.3 is 0 Å². The van der Waals surface area contributed by atoms with Gasteiger partial charge < -0.3 is 10.1 Å². The molecule has 0 radical (unpaired) electrons. The molecule has 0 aliphatic carbocycles. The summed E-state index contributed by atoms with van der Waals surface area (Å²) in [6.07, 6.45) is 0. The van der Waals surface area contributed by atoms with Crippen molar-refractivity contribution in [2.75, 3.05) is 6.61 Å². The summed E-state index contributed by atoms with van der Waals surface area (Å²) in [6.45, 7) is 5.82. The SMILES string of the molecule is CC(C)(C)NC(=S)NNC(=O)COc1ccccc1-c1ccccc1. The molecule has 3 N–H and O–H groups in total. The van der Waals surface area contributed by atoms with Gasteiger partial charge in [-0.25, -0.2) is 0 Å². The van der Waals surface area contributed by atoms with Gasteiger partial charge in [-0.1, -0.05) is 48.5 Å². The molecule has 2 rings (SSSR count). The van der Waals surface area contributed by atoms with Crippen LogP contribution in [0.25, 0.3) is 11.1 Å². The lowest BCUT2D eigenvalue weighted by Crippen LogP contribution is -2.52. The van der Waals surface area contributed by atoms with Crippen molar-refractivity contribution in [1.82, 2.24) is 16.2 Å². The van der Waals surface area contributed by atoms with Crippen molar-refractivity contribution < 1.29 is 9.53 Å². The van der Waals surface area contributed by atoms with Crippen molar-refractivity contribution in [3.05, 3.63) is 54.6 Å². The van der Waals surface area contributed by atoms with Crippen LogP contribution in [0.15, 0.2) is 54.6 Å². The highest BCUT2D eigenvalue weighted by molar-refractivity contribution is 7.80. The molecule has 5 nitrogen and oxygen atoms in total. The molecule has 0 spiro atoms. The zero-order valence-corrected chi connectivity index (χ0v) is 15.4. The van der Waals surface area contributed by atoms with Gasteiger partial charge in [0.05, 0.1) is 0 Å². The molecule has 0 fully saturated rings. The van der Waals surface area contributed by atoms with E-state index >= 15 is 0 Å². The lowest BCUT2D eigenvalue weighted by molar-refractivity contribution is -0.123. The van der Waals surface area contributed by atoms with Crippen LogP contribution in [-0.2, 0) is 4.79 Å². The Hall–Kier alpha value is -2.60. The molecule has 6 heteroatoms. The number of rotatable bonds is 4. The lowest BCUT2D eigenvalue weighted by Gasteiger charge is -2.23. The number of hydrazine groups is 1. The van der Waals surface area contributed by atoms with Gasteiger partial charge in [0.2, 0.25) is 0 Å². The van der Waals surface area contributed by atoms with Gasteiger partial charge in [0.25, 0.3) is 5.91 Å². The first kappa shape index (κ1) is 18.7. The molecule has 0 aromatic heterocycles. The number of carbonyl (C=O) groups is 1. The summed E-state index contributed by atoms with van der Waals surface area (Å²) >= 11 is 5.11. The van der Waals surface area contributed by atoms with Crippen LogP contribution in [0.5, 0.6) is 5.75 Å². The minimum atomic E-state index is -0.319. The van der Waals surface area contributed by atoms with E-state index < -0.39 is 0 Å². The maximum absolute atomic E-state index is 11.9. The fourth-order valence-corrected chi connectivity index (χ4v) is 2.48. The predicted molar refractivity (Wildman–Crippen MR) is 104 cm³/mol. The summed E-state index contributed by atoms with van der Waals surface area (Å²) in [5.41, 5.74) is 6.97. The van der Waals surface area contributed by atoms with Crippen molar-refractivity contribution >= 4 is 23.2 Å². The Kier molecular flexibility index (Phi) is 6.36. The monoisotopic (exact) mass is 357 g/mol. The molecule has 0 aliphatic rings. The largest absolute Gasteiger partial charge is 0.483 e. The first-order valence-electron chi connectivity index (χ1n) is 7.99. The second-order valence-electron chi connectivity index (χ2n) is 6.53. The topological polar surface area (TPSA) is 62.4 Å². The molecule has 0 unspecified atom stereocenters. The number of carbonyl (C=O) groups excluding carboxylic acids is 1. The van der Waals surface area contributed by atoms with Crippen molar-refractivity contribution in [2.24, 2.45) is 0 Å². The van der Waals surface area contributed by atoms with Crippen molar-refractivity contribution in [3.63, 3.8) is 0 Å². The zero-order valence-electron chi connectivity index (χ0n) is 14.6.